The highest BCUT2D eigenvalue weighted by molar-refractivity contribution is 6.31. The molecule has 0 bridgehead atoms. The van der Waals surface area contributed by atoms with Crippen molar-refractivity contribution in [2.45, 2.75) is 0 Å². The zero-order valence-electron chi connectivity index (χ0n) is 37.3. The molecule has 10 aromatic carbocycles. The fourth-order valence-corrected chi connectivity index (χ4v) is 10.6. The van der Waals surface area contributed by atoms with Crippen LogP contribution >= 0.6 is 0 Å². The molecular formula is C63H40N6. The van der Waals surface area contributed by atoms with E-state index in [9.17, 15) is 0 Å². The molecule has 14 aromatic rings. The molecule has 14 rings (SSSR count). The second-order valence-electron chi connectivity index (χ2n) is 17.6. The summed E-state index contributed by atoms with van der Waals surface area (Å²) in [7, 11) is 0. The van der Waals surface area contributed by atoms with E-state index in [1.54, 1.807) is 0 Å². The average molecular weight is 881 g/mol. The van der Waals surface area contributed by atoms with Gasteiger partial charge in [0.1, 0.15) is 0 Å². The van der Waals surface area contributed by atoms with Crippen LogP contribution in [0.1, 0.15) is 0 Å². The van der Waals surface area contributed by atoms with Crippen molar-refractivity contribution < 1.29 is 0 Å². The van der Waals surface area contributed by atoms with E-state index in [-0.39, 0.29) is 0 Å². The molecule has 0 saturated heterocycles. The standard InChI is InChI=1S/C63H40N6/c1-4-19-41(20-5-1)43-35-37-47(38-36-43)67-54-33-16-12-29-50(54)58-56(67)40-57(68-52-31-14-10-27-48(52)49-28-11-15-32-53(49)68)60-59(58)51-30-13-17-34-55(51)69(60)63-65-61(44-23-8-3-9-24-44)64-62(66-63)46-26-18-25-45(39-46)42-21-6-2-7-22-42/h1-40H. The highest BCUT2D eigenvalue weighted by atomic mass is 15.2. The lowest BCUT2D eigenvalue weighted by Crippen LogP contribution is -2.08. The second-order valence-corrected chi connectivity index (χ2v) is 17.6. The minimum atomic E-state index is 0.539. The van der Waals surface area contributed by atoms with Gasteiger partial charge in [-0.2, -0.15) is 9.97 Å². The Hall–Kier alpha value is -9.39. The molecule has 6 nitrogen and oxygen atoms in total. The maximum absolute atomic E-state index is 5.51. The molecule has 0 N–H and O–H groups in total. The summed E-state index contributed by atoms with van der Waals surface area (Å²) in [5, 5.41) is 6.95. The third-order valence-corrected chi connectivity index (χ3v) is 13.7. The number of fused-ring (bicyclic) bond motifs is 10. The van der Waals surface area contributed by atoms with E-state index in [0.717, 1.165) is 77.5 Å². The van der Waals surface area contributed by atoms with Crippen LogP contribution in [0.15, 0.2) is 243 Å². The molecule has 0 aliphatic heterocycles. The minimum absolute atomic E-state index is 0.539. The Labute approximate surface area is 397 Å². The number of para-hydroxylation sites is 4. The molecule has 0 aliphatic rings. The quantitative estimate of drug-likeness (QED) is 0.160. The summed E-state index contributed by atoms with van der Waals surface area (Å²) in [5.41, 5.74) is 15.0. The number of hydrogen-bond donors (Lipinski definition) is 0. The first-order valence-corrected chi connectivity index (χ1v) is 23.4. The number of nitrogens with zero attached hydrogens (tertiary/aromatic N) is 6. The van der Waals surface area contributed by atoms with E-state index in [4.69, 9.17) is 15.0 Å². The third kappa shape index (κ3) is 6.16. The molecule has 0 aliphatic carbocycles. The Morgan fingerprint density at radius 2 is 0.696 bits per heavy atom. The monoisotopic (exact) mass is 880 g/mol. The van der Waals surface area contributed by atoms with Gasteiger partial charge in [-0.25, -0.2) is 4.98 Å². The van der Waals surface area contributed by atoms with E-state index in [2.05, 4.69) is 232 Å². The minimum Gasteiger partial charge on any atom is -0.309 e. The van der Waals surface area contributed by atoms with E-state index in [0.29, 0.717) is 17.6 Å². The predicted octanol–water partition coefficient (Wildman–Crippen LogP) is 15.8. The lowest BCUT2D eigenvalue weighted by Gasteiger charge is -2.16. The van der Waals surface area contributed by atoms with Crippen LogP contribution in [0.25, 0.3) is 128 Å². The summed E-state index contributed by atoms with van der Waals surface area (Å²) in [4.78, 5) is 16.2. The van der Waals surface area contributed by atoms with Crippen molar-refractivity contribution in [2.75, 3.05) is 0 Å². The lowest BCUT2D eigenvalue weighted by molar-refractivity contribution is 0.950. The van der Waals surface area contributed by atoms with Crippen LogP contribution in [0.5, 0.6) is 0 Å². The van der Waals surface area contributed by atoms with Crippen LogP contribution in [-0.4, -0.2) is 28.7 Å². The Bertz CT molecular complexity index is 4230. The maximum atomic E-state index is 5.51. The van der Waals surface area contributed by atoms with Crippen molar-refractivity contribution in [2.24, 2.45) is 0 Å². The predicted molar refractivity (Wildman–Crippen MR) is 285 cm³/mol. The molecule has 0 fully saturated rings. The number of rotatable bonds is 7. The van der Waals surface area contributed by atoms with Crippen LogP contribution in [0, 0.1) is 0 Å². The molecule has 0 radical (unpaired) electrons. The van der Waals surface area contributed by atoms with Crippen molar-refractivity contribution in [3.05, 3.63) is 243 Å². The van der Waals surface area contributed by atoms with E-state index in [1.165, 1.54) is 32.7 Å². The highest BCUT2D eigenvalue weighted by Gasteiger charge is 2.27. The zero-order chi connectivity index (χ0) is 45.4. The first-order chi connectivity index (χ1) is 34.2. The Morgan fingerprint density at radius 1 is 0.261 bits per heavy atom. The van der Waals surface area contributed by atoms with Crippen molar-refractivity contribution in [1.29, 1.82) is 0 Å². The number of hydrogen-bond acceptors (Lipinski definition) is 3. The second kappa shape index (κ2) is 15.6. The van der Waals surface area contributed by atoms with Crippen LogP contribution < -0.4 is 0 Å². The lowest BCUT2D eigenvalue weighted by atomic mass is 10.0. The van der Waals surface area contributed by atoms with Gasteiger partial charge in [0.15, 0.2) is 11.6 Å². The van der Waals surface area contributed by atoms with Gasteiger partial charge in [-0.1, -0.05) is 194 Å². The normalized spacial score (nSPS) is 11.8. The van der Waals surface area contributed by atoms with Gasteiger partial charge in [0, 0.05) is 49.1 Å². The SMILES string of the molecule is c1ccc(-c2ccc(-n3c4ccccc4c4c5c6ccccc6n(-c6nc(-c7ccccc7)nc(-c7cccc(-c8ccccc8)c7)n6)c5c(-n5c6ccccc6c6ccccc65)cc43)cc2)cc1. The fourth-order valence-electron chi connectivity index (χ4n) is 10.6. The Balaban J connectivity index is 1.14. The fraction of sp³-hybridized carbons (Fsp3) is 0. The van der Waals surface area contributed by atoms with Crippen molar-refractivity contribution >= 4 is 65.4 Å². The average Bonchev–Trinajstić information content (AvgIpc) is 4.07. The molecule has 0 unspecified atom stereocenters. The first kappa shape index (κ1) is 38.8. The van der Waals surface area contributed by atoms with Gasteiger partial charge < -0.3 is 9.13 Å². The number of aromatic nitrogens is 6. The van der Waals surface area contributed by atoms with Gasteiger partial charge in [0.25, 0.3) is 0 Å². The summed E-state index contributed by atoms with van der Waals surface area (Å²) in [6, 6.07) is 86.3. The summed E-state index contributed by atoms with van der Waals surface area (Å²) < 4.78 is 7.19. The third-order valence-electron chi connectivity index (χ3n) is 13.7. The molecule has 0 atom stereocenters. The molecule has 0 saturated carbocycles. The smallest absolute Gasteiger partial charge is 0.238 e. The maximum Gasteiger partial charge on any atom is 0.238 e. The van der Waals surface area contributed by atoms with E-state index >= 15 is 0 Å². The van der Waals surface area contributed by atoms with Gasteiger partial charge in [-0.3, -0.25) is 4.57 Å². The van der Waals surface area contributed by atoms with Gasteiger partial charge in [0.05, 0.1) is 38.8 Å². The summed E-state index contributed by atoms with van der Waals surface area (Å²) >= 11 is 0. The van der Waals surface area contributed by atoms with E-state index in [1.807, 2.05) is 24.3 Å². The van der Waals surface area contributed by atoms with Gasteiger partial charge in [-0.15, -0.1) is 0 Å². The van der Waals surface area contributed by atoms with E-state index < -0.39 is 0 Å². The molecule has 69 heavy (non-hydrogen) atoms. The van der Waals surface area contributed by atoms with Gasteiger partial charge >= 0.3 is 0 Å². The molecule has 322 valence electrons. The van der Waals surface area contributed by atoms with Gasteiger partial charge in [-0.05, 0) is 70.8 Å². The highest BCUT2D eigenvalue weighted by Crippen LogP contribution is 2.47. The molecule has 6 heteroatoms. The summed E-state index contributed by atoms with van der Waals surface area (Å²) in [5.74, 6) is 1.73. The van der Waals surface area contributed by atoms with Crippen LogP contribution in [-0.2, 0) is 0 Å². The topological polar surface area (TPSA) is 53.5 Å². The molecular weight excluding hydrogens is 841 g/mol. The summed E-state index contributed by atoms with van der Waals surface area (Å²) in [6.45, 7) is 0. The van der Waals surface area contributed by atoms with Crippen LogP contribution in [0.2, 0.25) is 0 Å². The van der Waals surface area contributed by atoms with Crippen molar-refractivity contribution in [3.63, 3.8) is 0 Å². The number of benzene rings is 10. The summed E-state index contributed by atoms with van der Waals surface area (Å²) in [6.07, 6.45) is 0. The Morgan fingerprint density at radius 3 is 1.30 bits per heavy atom. The van der Waals surface area contributed by atoms with Crippen LogP contribution in [0.3, 0.4) is 0 Å². The van der Waals surface area contributed by atoms with Crippen LogP contribution in [0.4, 0.5) is 0 Å². The first-order valence-electron chi connectivity index (χ1n) is 23.4. The molecule has 4 aromatic heterocycles. The molecule has 0 amide bonds. The largest absolute Gasteiger partial charge is 0.309 e. The molecule has 0 spiro atoms. The molecule has 4 heterocycles. The van der Waals surface area contributed by atoms with Crippen molar-refractivity contribution in [3.8, 4) is 62.4 Å². The Kier molecular flexibility index (Phi) is 8.79. The van der Waals surface area contributed by atoms with Gasteiger partial charge in [0.2, 0.25) is 5.95 Å². The van der Waals surface area contributed by atoms with Crippen molar-refractivity contribution in [1.82, 2.24) is 28.7 Å². The zero-order valence-corrected chi connectivity index (χ0v) is 37.3.